The maximum absolute atomic E-state index is 14.2. The molecule has 0 bridgehead atoms. The van der Waals surface area contributed by atoms with Crippen LogP contribution < -0.4 is 0 Å². The first kappa shape index (κ1) is 14.3. The molecule has 1 heterocycles. The highest BCUT2D eigenvalue weighted by molar-refractivity contribution is 6.35. The number of aryl methyl sites for hydroxylation is 1. The Balaban J connectivity index is 2.39. The van der Waals surface area contributed by atoms with Crippen molar-refractivity contribution < 1.29 is 8.78 Å². The van der Waals surface area contributed by atoms with Crippen molar-refractivity contribution in [2.24, 2.45) is 0 Å². The molecule has 0 unspecified atom stereocenters. The molecule has 3 rings (SSSR count). The number of hydrogen-bond acceptors (Lipinski definition) is 1. The number of hydrogen-bond donors (Lipinski definition) is 0. The Morgan fingerprint density at radius 2 is 1.95 bits per heavy atom. The molecule has 2 aromatic carbocycles. The van der Waals surface area contributed by atoms with Crippen molar-refractivity contribution in [2.75, 3.05) is 0 Å². The van der Waals surface area contributed by atoms with Crippen LogP contribution >= 0.6 is 23.2 Å². The third-order valence-corrected chi connectivity index (χ3v) is 3.84. The van der Waals surface area contributed by atoms with Crippen molar-refractivity contribution in [1.29, 1.82) is 0 Å². The Labute approximate surface area is 129 Å². The van der Waals surface area contributed by atoms with Gasteiger partial charge in [0.25, 0.3) is 0 Å². The fourth-order valence-electron chi connectivity index (χ4n) is 2.28. The Morgan fingerprint density at radius 1 is 1.19 bits per heavy atom. The Bertz CT molecular complexity index is 843. The zero-order chi connectivity index (χ0) is 15.1. The van der Waals surface area contributed by atoms with Crippen molar-refractivity contribution in [3.8, 4) is 5.69 Å². The van der Waals surface area contributed by atoms with Crippen molar-refractivity contribution >= 4 is 34.2 Å². The summed E-state index contributed by atoms with van der Waals surface area (Å²) in [6, 6.07) is 7.44. The number of imidazole rings is 1. The highest BCUT2D eigenvalue weighted by Crippen LogP contribution is 2.29. The van der Waals surface area contributed by atoms with Crippen LogP contribution in [0.25, 0.3) is 16.7 Å². The Hall–Kier alpha value is -1.65. The second-order valence-electron chi connectivity index (χ2n) is 4.66. The summed E-state index contributed by atoms with van der Waals surface area (Å²) >= 11 is 12.0. The largest absolute Gasteiger partial charge is 0.292 e. The Kier molecular flexibility index (Phi) is 3.59. The van der Waals surface area contributed by atoms with Gasteiger partial charge in [-0.15, -0.1) is 11.6 Å². The molecule has 0 aliphatic rings. The molecule has 0 saturated carbocycles. The molecule has 108 valence electrons. The topological polar surface area (TPSA) is 17.8 Å². The lowest BCUT2D eigenvalue weighted by molar-refractivity contribution is 0.585. The maximum Gasteiger partial charge on any atom is 0.147 e. The maximum atomic E-state index is 14.2. The second-order valence-corrected chi connectivity index (χ2v) is 5.33. The second kappa shape index (κ2) is 5.28. The van der Waals surface area contributed by atoms with Gasteiger partial charge < -0.3 is 0 Å². The molecule has 0 aliphatic heterocycles. The van der Waals surface area contributed by atoms with Crippen LogP contribution in [0.5, 0.6) is 0 Å². The lowest BCUT2D eigenvalue weighted by atomic mass is 10.2. The average Bonchev–Trinajstić information content (AvgIpc) is 2.83. The minimum atomic E-state index is -0.542. The third kappa shape index (κ3) is 2.28. The first-order valence-corrected chi connectivity index (χ1v) is 7.12. The van der Waals surface area contributed by atoms with Crippen LogP contribution in [0, 0.1) is 18.6 Å². The molecular weight excluding hydrogens is 317 g/mol. The number of aromatic nitrogens is 2. The van der Waals surface area contributed by atoms with E-state index in [0.717, 1.165) is 12.1 Å². The van der Waals surface area contributed by atoms with Gasteiger partial charge in [0.15, 0.2) is 0 Å². The molecule has 21 heavy (non-hydrogen) atoms. The quantitative estimate of drug-likeness (QED) is 0.605. The fourth-order valence-corrected chi connectivity index (χ4v) is 2.67. The first-order chi connectivity index (χ1) is 10.0. The van der Waals surface area contributed by atoms with E-state index in [0.29, 0.717) is 21.9 Å². The fraction of sp³-hybridized carbons (Fsp3) is 0.133. The van der Waals surface area contributed by atoms with Gasteiger partial charge in [-0.2, -0.15) is 0 Å². The molecule has 2 nitrogen and oxygen atoms in total. The highest BCUT2D eigenvalue weighted by Gasteiger charge is 2.17. The van der Waals surface area contributed by atoms with Gasteiger partial charge in [0.05, 0.1) is 22.1 Å². The van der Waals surface area contributed by atoms with E-state index in [2.05, 4.69) is 4.98 Å². The van der Waals surface area contributed by atoms with Gasteiger partial charge >= 0.3 is 0 Å². The van der Waals surface area contributed by atoms with E-state index in [-0.39, 0.29) is 17.1 Å². The number of fused-ring (bicyclic) bond motifs is 1. The normalized spacial score (nSPS) is 11.3. The van der Waals surface area contributed by atoms with Crippen LogP contribution in [0.4, 0.5) is 8.78 Å². The van der Waals surface area contributed by atoms with E-state index in [1.54, 1.807) is 18.2 Å². The molecule has 0 radical (unpaired) electrons. The molecule has 0 spiro atoms. The van der Waals surface area contributed by atoms with Gasteiger partial charge in [0.1, 0.15) is 23.0 Å². The first-order valence-electron chi connectivity index (χ1n) is 6.20. The summed E-state index contributed by atoms with van der Waals surface area (Å²) in [5.74, 6) is -0.572. The van der Waals surface area contributed by atoms with Crippen LogP contribution in [0.15, 0.2) is 30.3 Å². The molecule has 0 saturated heterocycles. The van der Waals surface area contributed by atoms with E-state index in [9.17, 15) is 8.78 Å². The Morgan fingerprint density at radius 3 is 2.67 bits per heavy atom. The van der Waals surface area contributed by atoms with Gasteiger partial charge in [0, 0.05) is 6.07 Å². The van der Waals surface area contributed by atoms with Gasteiger partial charge in [-0.1, -0.05) is 17.7 Å². The molecule has 3 aromatic rings. The summed E-state index contributed by atoms with van der Waals surface area (Å²) in [6.07, 6.45) is 0. The van der Waals surface area contributed by atoms with Gasteiger partial charge in [-0.05, 0) is 30.7 Å². The van der Waals surface area contributed by atoms with E-state index in [1.807, 2.05) is 0 Å². The molecule has 1 aromatic heterocycles. The molecule has 0 atom stereocenters. The minimum absolute atomic E-state index is 0.0555. The highest BCUT2D eigenvalue weighted by atomic mass is 35.5. The lowest BCUT2D eigenvalue weighted by Gasteiger charge is -2.10. The summed E-state index contributed by atoms with van der Waals surface area (Å²) in [4.78, 5) is 4.31. The lowest BCUT2D eigenvalue weighted by Crippen LogP contribution is -2.03. The number of halogens is 4. The number of nitrogens with zero attached hydrogens (tertiary/aromatic N) is 2. The molecule has 0 amide bonds. The van der Waals surface area contributed by atoms with Gasteiger partial charge in [0.2, 0.25) is 0 Å². The van der Waals surface area contributed by atoms with E-state index >= 15 is 0 Å². The van der Waals surface area contributed by atoms with E-state index in [4.69, 9.17) is 23.2 Å². The summed E-state index contributed by atoms with van der Waals surface area (Å²) in [6.45, 7) is 1.51. The molecule has 6 heteroatoms. The SMILES string of the molecule is Cc1cc(F)c(-n2c(CCl)nc3c(Cl)cccc32)cc1F. The predicted octanol–water partition coefficient (Wildman–Crippen LogP) is 5.00. The summed E-state index contributed by atoms with van der Waals surface area (Å²) in [7, 11) is 0. The standard InChI is InChI=1S/C15H10Cl2F2N2/c1-8-5-11(19)13(6-10(8)18)21-12-4-2-3-9(17)15(12)20-14(21)7-16/h2-6H,7H2,1H3. The van der Waals surface area contributed by atoms with Gasteiger partial charge in [-0.3, -0.25) is 4.57 Å². The number of para-hydroxylation sites is 1. The van der Waals surface area contributed by atoms with Crippen LogP contribution in [0.3, 0.4) is 0 Å². The summed E-state index contributed by atoms with van der Waals surface area (Å²) in [5.41, 5.74) is 1.40. The van der Waals surface area contributed by atoms with Crippen LogP contribution in [0.1, 0.15) is 11.4 Å². The van der Waals surface area contributed by atoms with Crippen LogP contribution in [0.2, 0.25) is 5.02 Å². The molecular formula is C15H10Cl2F2N2. The van der Waals surface area contributed by atoms with Crippen LogP contribution in [-0.4, -0.2) is 9.55 Å². The zero-order valence-corrected chi connectivity index (χ0v) is 12.5. The van der Waals surface area contributed by atoms with Crippen molar-refractivity contribution in [1.82, 2.24) is 9.55 Å². The van der Waals surface area contributed by atoms with Crippen molar-refractivity contribution in [2.45, 2.75) is 12.8 Å². The molecule has 0 aliphatic carbocycles. The van der Waals surface area contributed by atoms with Crippen molar-refractivity contribution in [3.05, 3.63) is 58.4 Å². The molecule has 0 N–H and O–H groups in total. The number of benzene rings is 2. The zero-order valence-electron chi connectivity index (χ0n) is 11.0. The van der Waals surface area contributed by atoms with E-state index < -0.39 is 11.6 Å². The average molecular weight is 327 g/mol. The van der Waals surface area contributed by atoms with E-state index in [1.165, 1.54) is 11.5 Å². The number of alkyl halides is 1. The van der Waals surface area contributed by atoms with Crippen molar-refractivity contribution in [3.63, 3.8) is 0 Å². The smallest absolute Gasteiger partial charge is 0.147 e. The summed E-state index contributed by atoms with van der Waals surface area (Å²) < 4.78 is 29.5. The van der Waals surface area contributed by atoms with Crippen LogP contribution in [-0.2, 0) is 5.88 Å². The number of rotatable bonds is 2. The monoisotopic (exact) mass is 326 g/mol. The predicted molar refractivity (Wildman–Crippen MR) is 80.3 cm³/mol. The third-order valence-electron chi connectivity index (χ3n) is 3.29. The minimum Gasteiger partial charge on any atom is -0.292 e. The molecule has 0 fully saturated rings. The van der Waals surface area contributed by atoms with Gasteiger partial charge in [-0.25, -0.2) is 13.8 Å². The summed E-state index contributed by atoms with van der Waals surface area (Å²) in [5, 5.41) is 0.436.